The molecule has 1 aromatic carbocycles. The first-order chi connectivity index (χ1) is 10.2. The third-order valence-electron chi connectivity index (χ3n) is 3.50. The number of halogens is 1. The van der Waals surface area contributed by atoms with Gasteiger partial charge in [0, 0.05) is 24.7 Å². The Labute approximate surface area is 118 Å². The molecule has 0 amide bonds. The van der Waals surface area contributed by atoms with Gasteiger partial charge in [-0.15, -0.1) is 0 Å². The minimum absolute atomic E-state index is 0.248. The van der Waals surface area contributed by atoms with E-state index in [-0.39, 0.29) is 11.3 Å². The van der Waals surface area contributed by atoms with Crippen molar-refractivity contribution in [2.24, 2.45) is 4.99 Å². The Morgan fingerprint density at radius 1 is 1.62 bits per heavy atom. The van der Waals surface area contributed by atoms with Crippen LogP contribution in [0.5, 0.6) is 0 Å². The highest BCUT2D eigenvalue weighted by Crippen LogP contribution is 2.33. The maximum atomic E-state index is 13.6. The molecule has 0 spiro atoms. The van der Waals surface area contributed by atoms with Gasteiger partial charge in [0.2, 0.25) is 0 Å². The molecule has 2 aromatic rings. The van der Waals surface area contributed by atoms with Gasteiger partial charge < -0.3 is 10.6 Å². The first-order valence-corrected chi connectivity index (χ1v) is 6.35. The number of hydrogen-bond acceptors (Lipinski definition) is 4. The second-order valence-corrected chi connectivity index (χ2v) is 4.64. The highest BCUT2D eigenvalue weighted by Gasteiger charge is 2.28. The molecule has 1 aromatic heterocycles. The van der Waals surface area contributed by atoms with Gasteiger partial charge in [-0.25, -0.2) is 14.5 Å². The van der Waals surface area contributed by atoms with Gasteiger partial charge in [0.1, 0.15) is 18.0 Å². The second kappa shape index (κ2) is 4.97. The van der Waals surface area contributed by atoms with Crippen molar-refractivity contribution in [3.8, 4) is 0 Å². The van der Waals surface area contributed by atoms with Gasteiger partial charge in [0.05, 0.1) is 17.0 Å². The SMILES string of the molecule is CN/C(=N\C=N)[C@@H]1CNc2cc(F)cc3c(=O)[nH]nc1c23. The summed E-state index contributed by atoms with van der Waals surface area (Å²) in [6, 6.07) is 2.54. The van der Waals surface area contributed by atoms with Crippen LogP contribution in [-0.4, -0.2) is 36.0 Å². The minimum Gasteiger partial charge on any atom is -0.383 e. The van der Waals surface area contributed by atoms with Crippen LogP contribution in [0.25, 0.3) is 10.8 Å². The molecule has 1 atom stereocenters. The number of amidine groups is 1. The summed E-state index contributed by atoms with van der Waals surface area (Å²) in [6.45, 7) is 0.443. The van der Waals surface area contributed by atoms with E-state index in [4.69, 9.17) is 5.41 Å². The van der Waals surface area contributed by atoms with Gasteiger partial charge in [0.25, 0.3) is 5.56 Å². The van der Waals surface area contributed by atoms with Crippen LogP contribution in [0.3, 0.4) is 0 Å². The lowest BCUT2D eigenvalue weighted by molar-refractivity contribution is 0.629. The van der Waals surface area contributed by atoms with E-state index in [2.05, 4.69) is 25.8 Å². The molecule has 2 heterocycles. The maximum absolute atomic E-state index is 13.6. The molecular formula is C13H13FN6O. The first-order valence-electron chi connectivity index (χ1n) is 6.35. The molecule has 21 heavy (non-hydrogen) atoms. The molecule has 1 aliphatic heterocycles. The number of aromatic nitrogens is 2. The smallest absolute Gasteiger partial charge is 0.272 e. The zero-order valence-electron chi connectivity index (χ0n) is 11.2. The Morgan fingerprint density at radius 3 is 3.14 bits per heavy atom. The maximum Gasteiger partial charge on any atom is 0.272 e. The summed E-state index contributed by atoms with van der Waals surface area (Å²) < 4.78 is 13.6. The fraction of sp³-hybridized carbons (Fsp3) is 0.231. The van der Waals surface area contributed by atoms with Gasteiger partial charge in [-0.1, -0.05) is 0 Å². The van der Waals surface area contributed by atoms with Crippen molar-refractivity contribution in [3.05, 3.63) is 34.0 Å². The second-order valence-electron chi connectivity index (χ2n) is 4.64. The van der Waals surface area contributed by atoms with E-state index in [1.807, 2.05) is 0 Å². The molecule has 1 aliphatic rings. The molecule has 108 valence electrons. The van der Waals surface area contributed by atoms with Gasteiger partial charge in [-0.3, -0.25) is 10.2 Å². The van der Waals surface area contributed by atoms with E-state index in [1.165, 1.54) is 12.1 Å². The molecule has 8 heteroatoms. The zero-order valence-corrected chi connectivity index (χ0v) is 11.2. The van der Waals surface area contributed by atoms with E-state index in [1.54, 1.807) is 7.05 Å². The highest BCUT2D eigenvalue weighted by molar-refractivity contribution is 6.03. The predicted octanol–water partition coefficient (Wildman–Crippen LogP) is 0.796. The number of nitrogens with one attached hydrogen (secondary N) is 4. The van der Waals surface area contributed by atoms with Crippen molar-refractivity contribution in [1.29, 1.82) is 5.41 Å². The van der Waals surface area contributed by atoms with Crippen molar-refractivity contribution in [2.45, 2.75) is 5.92 Å². The number of nitrogens with zero attached hydrogens (tertiary/aromatic N) is 2. The van der Waals surface area contributed by atoms with Gasteiger partial charge in [0.15, 0.2) is 0 Å². The number of aromatic amines is 1. The zero-order chi connectivity index (χ0) is 15.0. The summed E-state index contributed by atoms with van der Waals surface area (Å²) in [6.07, 6.45) is 0.939. The highest BCUT2D eigenvalue weighted by atomic mass is 19.1. The molecule has 3 rings (SSSR count). The van der Waals surface area contributed by atoms with E-state index < -0.39 is 11.4 Å². The average Bonchev–Trinajstić information content (AvgIpc) is 2.48. The lowest BCUT2D eigenvalue weighted by atomic mass is 9.93. The number of H-pyrrole nitrogens is 1. The number of anilines is 1. The number of likely N-dealkylation sites (N-methyl/N-ethyl adjacent to an activating group) is 1. The van der Waals surface area contributed by atoms with E-state index in [0.717, 1.165) is 6.34 Å². The normalized spacial score (nSPS) is 17.4. The molecule has 0 saturated carbocycles. The van der Waals surface area contributed by atoms with Crippen molar-refractivity contribution in [3.63, 3.8) is 0 Å². The Bertz CT molecular complexity index is 812. The number of rotatable bonds is 2. The Morgan fingerprint density at radius 2 is 2.43 bits per heavy atom. The average molecular weight is 288 g/mol. The quantitative estimate of drug-likeness (QED) is 0.484. The van der Waals surface area contributed by atoms with Crippen molar-refractivity contribution in [2.75, 3.05) is 18.9 Å². The van der Waals surface area contributed by atoms with E-state index >= 15 is 0 Å². The largest absolute Gasteiger partial charge is 0.383 e. The summed E-state index contributed by atoms with van der Waals surface area (Å²) >= 11 is 0. The third-order valence-corrected chi connectivity index (χ3v) is 3.50. The standard InChI is InChI=1S/C13H13FN6O/c1-16-12(18-5-15)8-4-17-9-3-6(14)2-7-10(9)11(8)19-20-13(7)21/h2-3,5,8,17H,4H2,1H3,(H,20,21)(H2,15,16,18)/t8-/m1/s1. The summed E-state index contributed by atoms with van der Waals surface area (Å²) in [7, 11) is 1.70. The Kier molecular flexibility index (Phi) is 3.13. The molecule has 0 unspecified atom stereocenters. The summed E-state index contributed by atoms with van der Waals surface area (Å²) in [5.74, 6) is -0.185. The molecule has 0 fully saturated rings. The van der Waals surface area contributed by atoms with Gasteiger partial charge in [-0.05, 0) is 12.1 Å². The lowest BCUT2D eigenvalue weighted by Crippen LogP contribution is -2.35. The van der Waals surface area contributed by atoms with Crippen LogP contribution in [0.1, 0.15) is 11.6 Å². The molecule has 0 saturated heterocycles. The van der Waals surface area contributed by atoms with Crippen molar-refractivity contribution < 1.29 is 4.39 Å². The minimum atomic E-state index is -0.479. The van der Waals surface area contributed by atoms with Crippen molar-refractivity contribution in [1.82, 2.24) is 15.5 Å². The monoisotopic (exact) mass is 288 g/mol. The van der Waals surface area contributed by atoms with E-state index in [0.29, 0.717) is 29.1 Å². The van der Waals surface area contributed by atoms with Crippen LogP contribution in [0.2, 0.25) is 0 Å². The first kappa shape index (κ1) is 13.2. The topological polar surface area (TPSA) is 106 Å². The molecular weight excluding hydrogens is 275 g/mol. The van der Waals surface area contributed by atoms with Crippen LogP contribution < -0.4 is 16.2 Å². The summed E-state index contributed by atoms with van der Waals surface area (Å²) in [5.41, 5.74) is 0.709. The third kappa shape index (κ3) is 2.04. The summed E-state index contributed by atoms with van der Waals surface area (Å²) in [5, 5.41) is 20.5. The van der Waals surface area contributed by atoms with Crippen LogP contribution in [0, 0.1) is 11.2 Å². The van der Waals surface area contributed by atoms with E-state index in [9.17, 15) is 9.18 Å². The number of hydrogen-bond donors (Lipinski definition) is 4. The Hall–Kier alpha value is -2.77. The number of benzene rings is 1. The predicted molar refractivity (Wildman–Crippen MR) is 78.8 cm³/mol. The van der Waals surface area contributed by atoms with Crippen LogP contribution in [0.4, 0.5) is 10.1 Å². The molecule has 0 aliphatic carbocycles. The Balaban J connectivity index is 2.30. The van der Waals surface area contributed by atoms with Crippen LogP contribution in [-0.2, 0) is 0 Å². The molecule has 7 nitrogen and oxygen atoms in total. The van der Waals surface area contributed by atoms with Gasteiger partial charge in [-0.2, -0.15) is 5.10 Å². The fourth-order valence-corrected chi connectivity index (χ4v) is 2.61. The molecule has 0 bridgehead atoms. The molecule has 0 radical (unpaired) electrons. The van der Waals surface area contributed by atoms with Crippen molar-refractivity contribution >= 4 is 28.6 Å². The summed E-state index contributed by atoms with van der Waals surface area (Å²) in [4.78, 5) is 15.8. The van der Waals surface area contributed by atoms with Crippen LogP contribution in [0.15, 0.2) is 21.9 Å². The fourth-order valence-electron chi connectivity index (χ4n) is 2.61. The van der Waals surface area contributed by atoms with Crippen LogP contribution >= 0.6 is 0 Å². The molecule has 4 N–H and O–H groups in total. The lowest BCUT2D eigenvalue weighted by Gasteiger charge is -2.26. The van der Waals surface area contributed by atoms with Gasteiger partial charge >= 0.3 is 0 Å². The number of aliphatic imine (C=N–C) groups is 1.